The number of ether oxygens (including phenoxy) is 1. The number of hydrogen-bond donors (Lipinski definition) is 1. The minimum Gasteiger partial charge on any atom is -0.369 e. The molecule has 5 nitrogen and oxygen atoms in total. The molecule has 0 radical (unpaired) electrons. The van der Waals surface area contributed by atoms with Crippen LogP contribution in [0.4, 0.5) is 0 Å². The smallest absolute Gasteiger partial charge is 0.246 e. The summed E-state index contributed by atoms with van der Waals surface area (Å²) in [6.07, 6.45) is 5.17. The van der Waals surface area contributed by atoms with Gasteiger partial charge in [0.2, 0.25) is 5.91 Å². The minimum absolute atomic E-state index is 0.0750. The normalized spacial score (nSPS) is 11.6. The van der Waals surface area contributed by atoms with Crippen molar-refractivity contribution in [2.24, 2.45) is 4.99 Å². The van der Waals surface area contributed by atoms with Crippen molar-refractivity contribution in [2.45, 2.75) is 20.0 Å². The molecule has 0 spiro atoms. The average Bonchev–Trinajstić information content (AvgIpc) is 2.19. The first-order chi connectivity index (χ1) is 7.52. The number of hydrogen-bond acceptors (Lipinski definition) is 3. The summed E-state index contributed by atoms with van der Waals surface area (Å²) in [6, 6.07) is 0. The Labute approximate surface area is 97.2 Å². The van der Waals surface area contributed by atoms with E-state index in [4.69, 9.17) is 4.74 Å². The first-order valence-electron chi connectivity index (χ1n) is 5.25. The fourth-order valence-corrected chi connectivity index (χ4v) is 0.752. The largest absolute Gasteiger partial charge is 0.369 e. The lowest BCUT2D eigenvalue weighted by Gasteiger charge is -2.06. The molecular formula is C11H21N3O2. The summed E-state index contributed by atoms with van der Waals surface area (Å²) >= 11 is 0. The van der Waals surface area contributed by atoms with E-state index >= 15 is 0 Å². The highest BCUT2D eigenvalue weighted by molar-refractivity contribution is 5.77. The number of aliphatic imine (C=N–C) groups is 1. The van der Waals surface area contributed by atoms with E-state index in [1.165, 1.54) is 0 Å². The minimum atomic E-state index is -0.116. The lowest BCUT2D eigenvalue weighted by molar-refractivity contribution is -0.126. The van der Waals surface area contributed by atoms with Crippen molar-refractivity contribution in [3.05, 3.63) is 12.3 Å². The summed E-state index contributed by atoms with van der Waals surface area (Å²) in [4.78, 5) is 17.0. The van der Waals surface area contributed by atoms with E-state index in [2.05, 4.69) is 10.3 Å². The van der Waals surface area contributed by atoms with Crippen LogP contribution in [-0.2, 0) is 9.53 Å². The van der Waals surface area contributed by atoms with Crippen molar-refractivity contribution in [3.63, 3.8) is 0 Å². The summed E-state index contributed by atoms with van der Waals surface area (Å²) in [6.45, 7) is 4.35. The van der Waals surface area contributed by atoms with Crippen LogP contribution >= 0.6 is 0 Å². The summed E-state index contributed by atoms with van der Waals surface area (Å²) < 4.78 is 5.14. The molecule has 0 fully saturated rings. The zero-order valence-corrected chi connectivity index (χ0v) is 10.4. The third kappa shape index (κ3) is 10.7. The maximum atomic E-state index is 11.2. The molecule has 0 aliphatic carbocycles. The van der Waals surface area contributed by atoms with Crippen LogP contribution in [-0.4, -0.2) is 50.5 Å². The zero-order valence-electron chi connectivity index (χ0n) is 10.4. The molecule has 0 aliphatic heterocycles. The van der Waals surface area contributed by atoms with Gasteiger partial charge in [-0.3, -0.25) is 4.79 Å². The van der Waals surface area contributed by atoms with Gasteiger partial charge < -0.3 is 15.0 Å². The van der Waals surface area contributed by atoms with Gasteiger partial charge in [0, 0.05) is 26.8 Å². The van der Waals surface area contributed by atoms with E-state index < -0.39 is 0 Å². The van der Waals surface area contributed by atoms with Crippen LogP contribution in [0.3, 0.4) is 0 Å². The average molecular weight is 227 g/mol. The molecule has 0 rings (SSSR count). The Balaban J connectivity index is 3.54. The van der Waals surface area contributed by atoms with E-state index in [-0.39, 0.29) is 18.6 Å². The van der Waals surface area contributed by atoms with Crippen LogP contribution in [0.25, 0.3) is 0 Å². The second kappa shape index (κ2) is 8.91. The third-order valence-electron chi connectivity index (χ3n) is 1.45. The molecular weight excluding hydrogens is 206 g/mol. The number of rotatable bonds is 7. The Morgan fingerprint density at radius 1 is 1.50 bits per heavy atom. The van der Waals surface area contributed by atoms with Gasteiger partial charge in [-0.05, 0) is 19.9 Å². The van der Waals surface area contributed by atoms with Gasteiger partial charge >= 0.3 is 0 Å². The molecule has 0 aromatic carbocycles. The summed E-state index contributed by atoms with van der Waals surface area (Å²) in [5.41, 5.74) is 0. The molecule has 16 heavy (non-hydrogen) atoms. The lowest BCUT2D eigenvalue weighted by atomic mass is 10.5. The van der Waals surface area contributed by atoms with Crippen molar-refractivity contribution in [2.75, 3.05) is 27.2 Å². The highest BCUT2D eigenvalue weighted by Crippen LogP contribution is 1.86. The number of nitrogens with zero attached hydrogens (tertiary/aromatic N) is 2. The first kappa shape index (κ1) is 14.6. The van der Waals surface area contributed by atoms with Gasteiger partial charge in [0.1, 0.15) is 6.61 Å². The van der Waals surface area contributed by atoms with Crippen molar-refractivity contribution < 1.29 is 9.53 Å². The monoisotopic (exact) mass is 227 g/mol. The second-order valence-corrected chi connectivity index (χ2v) is 3.78. The van der Waals surface area contributed by atoms with Crippen molar-refractivity contribution in [3.8, 4) is 0 Å². The topological polar surface area (TPSA) is 53.9 Å². The molecule has 1 amide bonds. The van der Waals surface area contributed by atoms with Crippen molar-refractivity contribution in [1.82, 2.24) is 10.2 Å². The highest BCUT2D eigenvalue weighted by Gasteiger charge is 2.00. The Bertz CT molecular complexity index is 248. The van der Waals surface area contributed by atoms with E-state index in [1.54, 1.807) is 18.6 Å². The molecule has 0 unspecified atom stereocenters. The van der Waals surface area contributed by atoms with Crippen LogP contribution in [0.2, 0.25) is 0 Å². The van der Waals surface area contributed by atoms with Crippen LogP contribution in [0.5, 0.6) is 0 Å². The maximum absolute atomic E-state index is 11.2. The SMILES string of the molecule is CC(C)OCC(=O)NC/C=C/N=CN(C)C. The Morgan fingerprint density at radius 3 is 2.75 bits per heavy atom. The third-order valence-corrected chi connectivity index (χ3v) is 1.45. The summed E-state index contributed by atoms with van der Waals surface area (Å²) in [5, 5.41) is 2.69. The fraction of sp³-hybridized carbons (Fsp3) is 0.636. The number of carbonyl (C=O) groups is 1. The van der Waals surface area contributed by atoms with Crippen LogP contribution in [0.15, 0.2) is 17.3 Å². The molecule has 0 saturated carbocycles. The fourth-order valence-electron chi connectivity index (χ4n) is 0.752. The number of nitrogens with one attached hydrogen (secondary N) is 1. The van der Waals surface area contributed by atoms with E-state index in [0.29, 0.717) is 6.54 Å². The van der Waals surface area contributed by atoms with Crippen LogP contribution in [0.1, 0.15) is 13.8 Å². The van der Waals surface area contributed by atoms with Gasteiger partial charge in [0.05, 0.1) is 12.4 Å². The number of amides is 1. The molecule has 0 aromatic rings. The molecule has 1 N–H and O–H groups in total. The van der Waals surface area contributed by atoms with Gasteiger partial charge in [0.15, 0.2) is 0 Å². The Morgan fingerprint density at radius 2 is 2.19 bits per heavy atom. The maximum Gasteiger partial charge on any atom is 0.246 e. The molecule has 0 aliphatic rings. The van der Waals surface area contributed by atoms with Gasteiger partial charge in [0.25, 0.3) is 0 Å². The molecule has 0 saturated heterocycles. The van der Waals surface area contributed by atoms with Gasteiger partial charge in [-0.2, -0.15) is 0 Å². The van der Waals surface area contributed by atoms with Crippen molar-refractivity contribution >= 4 is 12.2 Å². The first-order valence-corrected chi connectivity index (χ1v) is 5.25. The Kier molecular flexibility index (Phi) is 8.15. The van der Waals surface area contributed by atoms with E-state index in [1.807, 2.05) is 32.8 Å². The van der Waals surface area contributed by atoms with Gasteiger partial charge in [-0.25, -0.2) is 4.99 Å². The quantitative estimate of drug-likeness (QED) is 0.513. The second-order valence-electron chi connectivity index (χ2n) is 3.78. The van der Waals surface area contributed by atoms with E-state index in [0.717, 1.165) is 0 Å². The summed E-state index contributed by atoms with van der Waals surface area (Å²) in [5.74, 6) is -0.116. The molecule has 0 aromatic heterocycles. The van der Waals surface area contributed by atoms with Crippen LogP contribution in [0, 0.1) is 0 Å². The lowest BCUT2D eigenvalue weighted by Crippen LogP contribution is -2.28. The predicted octanol–water partition coefficient (Wildman–Crippen LogP) is 0.631. The predicted molar refractivity (Wildman–Crippen MR) is 65.4 cm³/mol. The zero-order chi connectivity index (χ0) is 12.4. The highest BCUT2D eigenvalue weighted by atomic mass is 16.5. The number of carbonyl (C=O) groups excluding carboxylic acids is 1. The standard InChI is InChI=1S/C11H21N3O2/c1-10(2)16-8-11(15)13-7-5-6-12-9-14(3)4/h5-6,9-10H,7-8H2,1-4H3,(H,13,15)/b6-5+,12-9?. The summed E-state index contributed by atoms with van der Waals surface area (Å²) in [7, 11) is 3.78. The van der Waals surface area contributed by atoms with Gasteiger partial charge in [-0.1, -0.05) is 0 Å². The molecule has 0 bridgehead atoms. The molecule has 0 atom stereocenters. The van der Waals surface area contributed by atoms with Crippen molar-refractivity contribution in [1.29, 1.82) is 0 Å². The van der Waals surface area contributed by atoms with Crippen LogP contribution < -0.4 is 5.32 Å². The Hall–Kier alpha value is -1.36. The molecule has 5 heteroatoms. The van der Waals surface area contributed by atoms with E-state index in [9.17, 15) is 4.79 Å². The van der Waals surface area contributed by atoms with Gasteiger partial charge in [-0.15, -0.1) is 0 Å². The molecule has 0 heterocycles. The molecule has 92 valence electrons.